The van der Waals surface area contributed by atoms with E-state index in [0.717, 1.165) is 19.4 Å². The van der Waals surface area contributed by atoms with Crippen LogP contribution in [0.25, 0.3) is 0 Å². The molecule has 1 aromatic rings. The van der Waals surface area contributed by atoms with Crippen LogP contribution in [0.15, 0.2) is 18.2 Å². The molecule has 0 saturated carbocycles. The first-order valence-electron chi connectivity index (χ1n) is 5.76. The van der Waals surface area contributed by atoms with Gasteiger partial charge < -0.3 is 5.11 Å². The molecule has 1 aliphatic carbocycles. The third-order valence-electron chi connectivity index (χ3n) is 3.05. The Balaban J connectivity index is 2.15. The van der Waals surface area contributed by atoms with Gasteiger partial charge in [-0.2, -0.15) is 0 Å². The fourth-order valence-corrected chi connectivity index (χ4v) is 2.28. The second-order valence-electron chi connectivity index (χ2n) is 4.14. The molecule has 0 aromatic heterocycles. The van der Waals surface area contributed by atoms with Crippen molar-refractivity contribution in [3.8, 4) is 17.6 Å². The Bertz CT molecular complexity index is 428. The molecular formula is C14H17NO. The molecule has 84 valence electrons. The lowest BCUT2D eigenvalue weighted by Gasteiger charge is -2.25. The first kappa shape index (κ1) is 11.0. The molecule has 0 amide bonds. The number of hydrogen-bond acceptors (Lipinski definition) is 2. The van der Waals surface area contributed by atoms with Gasteiger partial charge in [-0.05, 0) is 49.4 Å². The fraction of sp³-hybridized carbons (Fsp3) is 0.429. The minimum Gasteiger partial charge on any atom is -0.508 e. The summed E-state index contributed by atoms with van der Waals surface area (Å²) in [5, 5.41) is 12.9. The minimum atomic E-state index is 0.368. The second kappa shape index (κ2) is 5.05. The Kier molecular flexibility index (Phi) is 3.48. The van der Waals surface area contributed by atoms with E-state index in [4.69, 9.17) is 0 Å². The highest BCUT2D eigenvalue weighted by Gasteiger charge is 2.19. The Morgan fingerprint density at radius 3 is 3.19 bits per heavy atom. The lowest BCUT2D eigenvalue weighted by Crippen LogP contribution is -2.25. The van der Waals surface area contributed by atoms with Crippen LogP contribution < -0.4 is 5.32 Å². The average molecular weight is 215 g/mol. The molecule has 16 heavy (non-hydrogen) atoms. The summed E-state index contributed by atoms with van der Waals surface area (Å²) < 4.78 is 0. The number of phenols is 1. The molecule has 0 bridgehead atoms. The van der Waals surface area contributed by atoms with Gasteiger partial charge in [-0.25, -0.2) is 0 Å². The normalized spacial score (nSPS) is 18.4. The van der Waals surface area contributed by atoms with Gasteiger partial charge in [0, 0.05) is 6.04 Å². The van der Waals surface area contributed by atoms with Crippen molar-refractivity contribution >= 4 is 0 Å². The maximum absolute atomic E-state index is 9.45. The zero-order valence-electron chi connectivity index (χ0n) is 9.59. The van der Waals surface area contributed by atoms with Gasteiger partial charge in [0.2, 0.25) is 0 Å². The van der Waals surface area contributed by atoms with E-state index in [2.05, 4.69) is 17.2 Å². The van der Waals surface area contributed by atoms with Gasteiger partial charge in [0.1, 0.15) is 5.75 Å². The number of nitrogens with one attached hydrogen (secondary N) is 1. The average Bonchev–Trinajstić information content (AvgIpc) is 2.29. The van der Waals surface area contributed by atoms with Crippen LogP contribution in [0.4, 0.5) is 0 Å². The Hall–Kier alpha value is -1.46. The highest BCUT2D eigenvalue weighted by atomic mass is 16.3. The van der Waals surface area contributed by atoms with Gasteiger partial charge in [-0.15, -0.1) is 5.92 Å². The highest BCUT2D eigenvalue weighted by molar-refractivity contribution is 5.38. The van der Waals surface area contributed by atoms with Crippen molar-refractivity contribution in [3.05, 3.63) is 29.3 Å². The van der Waals surface area contributed by atoms with E-state index in [0.29, 0.717) is 11.8 Å². The molecule has 1 atom stereocenters. The van der Waals surface area contributed by atoms with Crippen LogP contribution in [0.5, 0.6) is 5.75 Å². The number of fused-ring (bicyclic) bond motifs is 1. The zero-order valence-corrected chi connectivity index (χ0v) is 9.59. The van der Waals surface area contributed by atoms with E-state index in [9.17, 15) is 5.11 Å². The zero-order chi connectivity index (χ0) is 11.4. The standard InChI is InChI=1S/C14H17NO/c1-2-3-9-15-14-6-4-5-11-10-12(16)7-8-13(11)14/h7-8,10,14-16H,4-6,9H2,1H3. The minimum absolute atomic E-state index is 0.368. The molecule has 0 saturated heterocycles. The summed E-state index contributed by atoms with van der Waals surface area (Å²) in [5.74, 6) is 6.28. The molecule has 0 spiro atoms. The van der Waals surface area contributed by atoms with Crippen molar-refractivity contribution in [3.63, 3.8) is 0 Å². The third kappa shape index (κ3) is 2.37. The van der Waals surface area contributed by atoms with Crippen molar-refractivity contribution in [2.75, 3.05) is 6.54 Å². The molecule has 0 fully saturated rings. The molecule has 1 aromatic carbocycles. The largest absolute Gasteiger partial charge is 0.508 e. The van der Waals surface area contributed by atoms with Crippen LogP contribution in [0.2, 0.25) is 0 Å². The molecular weight excluding hydrogens is 198 g/mol. The van der Waals surface area contributed by atoms with E-state index in [1.807, 2.05) is 19.1 Å². The molecule has 0 radical (unpaired) electrons. The summed E-state index contributed by atoms with van der Waals surface area (Å²) in [4.78, 5) is 0. The predicted octanol–water partition coefficient (Wildman–Crippen LogP) is 2.38. The Labute approximate surface area is 96.7 Å². The predicted molar refractivity (Wildman–Crippen MR) is 65.2 cm³/mol. The van der Waals surface area contributed by atoms with E-state index in [1.54, 1.807) is 6.07 Å². The third-order valence-corrected chi connectivity index (χ3v) is 3.05. The number of aromatic hydroxyl groups is 1. The van der Waals surface area contributed by atoms with E-state index in [1.165, 1.54) is 17.5 Å². The molecule has 0 heterocycles. The van der Waals surface area contributed by atoms with Crippen LogP contribution in [-0.2, 0) is 6.42 Å². The van der Waals surface area contributed by atoms with Gasteiger partial charge in [-0.3, -0.25) is 5.32 Å². The van der Waals surface area contributed by atoms with E-state index < -0.39 is 0 Å². The smallest absolute Gasteiger partial charge is 0.115 e. The van der Waals surface area contributed by atoms with Gasteiger partial charge in [0.25, 0.3) is 0 Å². The monoisotopic (exact) mass is 215 g/mol. The van der Waals surface area contributed by atoms with Crippen LogP contribution in [0, 0.1) is 11.8 Å². The summed E-state index contributed by atoms with van der Waals surface area (Å²) in [6, 6.07) is 6.07. The lowest BCUT2D eigenvalue weighted by atomic mass is 9.87. The molecule has 1 aliphatic rings. The lowest BCUT2D eigenvalue weighted by molar-refractivity contribution is 0.462. The van der Waals surface area contributed by atoms with Crippen LogP contribution in [0.3, 0.4) is 0 Å². The highest BCUT2D eigenvalue weighted by Crippen LogP contribution is 2.31. The van der Waals surface area contributed by atoms with Crippen molar-refractivity contribution in [2.45, 2.75) is 32.2 Å². The molecule has 0 aliphatic heterocycles. The molecule has 2 nitrogen and oxygen atoms in total. The number of benzene rings is 1. The van der Waals surface area contributed by atoms with Crippen LogP contribution in [0.1, 0.15) is 36.9 Å². The summed E-state index contributed by atoms with van der Waals surface area (Å²) >= 11 is 0. The Morgan fingerprint density at radius 2 is 2.38 bits per heavy atom. The Morgan fingerprint density at radius 1 is 1.50 bits per heavy atom. The number of hydrogen-bond donors (Lipinski definition) is 2. The van der Waals surface area contributed by atoms with Crippen molar-refractivity contribution in [1.82, 2.24) is 5.32 Å². The van der Waals surface area contributed by atoms with Gasteiger partial charge in [0.05, 0.1) is 6.54 Å². The van der Waals surface area contributed by atoms with Gasteiger partial charge in [0.15, 0.2) is 0 Å². The van der Waals surface area contributed by atoms with Crippen molar-refractivity contribution in [2.24, 2.45) is 0 Å². The number of rotatable bonds is 2. The van der Waals surface area contributed by atoms with Crippen LogP contribution in [-0.4, -0.2) is 11.7 Å². The first-order valence-corrected chi connectivity index (χ1v) is 5.76. The summed E-state index contributed by atoms with van der Waals surface area (Å²) in [6.45, 7) is 2.59. The van der Waals surface area contributed by atoms with Gasteiger partial charge in [-0.1, -0.05) is 12.0 Å². The maximum atomic E-state index is 9.45. The fourth-order valence-electron chi connectivity index (χ4n) is 2.28. The maximum Gasteiger partial charge on any atom is 0.115 e. The SMILES string of the molecule is CC#CCNC1CCCc2cc(O)ccc21. The number of aryl methyl sites for hydroxylation is 1. The summed E-state index contributed by atoms with van der Waals surface area (Å²) in [6.07, 6.45) is 3.40. The van der Waals surface area contributed by atoms with E-state index in [-0.39, 0.29) is 0 Å². The van der Waals surface area contributed by atoms with Crippen LogP contribution >= 0.6 is 0 Å². The molecule has 2 rings (SSSR count). The van der Waals surface area contributed by atoms with E-state index >= 15 is 0 Å². The number of phenolic OH excluding ortho intramolecular Hbond substituents is 1. The summed E-state index contributed by atoms with van der Waals surface area (Å²) in [5.41, 5.74) is 2.59. The summed E-state index contributed by atoms with van der Waals surface area (Å²) in [7, 11) is 0. The molecule has 1 unspecified atom stereocenters. The van der Waals surface area contributed by atoms with Crippen molar-refractivity contribution in [1.29, 1.82) is 0 Å². The quantitative estimate of drug-likeness (QED) is 0.742. The topological polar surface area (TPSA) is 32.3 Å². The molecule has 2 N–H and O–H groups in total. The molecule has 2 heteroatoms. The second-order valence-corrected chi connectivity index (χ2v) is 4.14. The first-order chi connectivity index (χ1) is 7.81. The van der Waals surface area contributed by atoms with Crippen molar-refractivity contribution < 1.29 is 5.11 Å². The van der Waals surface area contributed by atoms with Gasteiger partial charge >= 0.3 is 0 Å².